The Morgan fingerprint density at radius 3 is 2.56 bits per heavy atom. The van der Waals surface area contributed by atoms with Gasteiger partial charge in [0.2, 0.25) is 0 Å². The van der Waals surface area contributed by atoms with Crippen molar-refractivity contribution in [2.45, 2.75) is 13.0 Å². The summed E-state index contributed by atoms with van der Waals surface area (Å²) in [5.74, 6) is 0.513. The highest BCUT2D eigenvalue weighted by Crippen LogP contribution is 2.14. The van der Waals surface area contributed by atoms with Crippen LogP contribution in [-0.2, 0) is 0 Å². The van der Waals surface area contributed by atoms with E-state index in [-0.39, 0.29) is 11.9 Å². The molecule has 0 saturated carbocycles. The lowest BCUT2D eigenvalue weighted by Gasteiger charge is -2.38. The summed E-state index contributed by atoms with van der Waals surface area (Å²) in [6.07, 6.45) is 1.25. The summed E-state index contributed by atoms with van der Waals surface area (Å²) < 4.78 is 12.8. The quantitative estimate of drug-likeness (QED) is 0.829. The van der Waals surface area contributed by atoms with Crippen LogP contribution in [0.5, 0.6) is 0 Å². The number of thiocarbonyl (C=S) groups is 1. The van der Waals surface area contributed by atoms with Crippen LogP contribution in [0.25, 0.3) is 0 Å². The van der Waals surface area contributed by atoms with Crippen molar-refractivity contribution in [1.82, 2.24) is 9.88 Å². The van der Waals surface area contributed by atoms with Gasteiger partial charge in [0, 0.05) is 26.2 Å². The molecule has 0 amide bonds. The first-order chi connectivity index (χ1) is 8.58. The van der Waals surface area contributed by atoms with Crippen LogP contribution in [-0.4, -0.2) is 47.1 Å². The molecule has 1 atom stereocenters. The second kappa shape index (κ2) is 5.58. The van der Waals surface area contributed by atoms with E-state index in [1.54, 1.807) is 6.07 Å². The number of rotatable bonds is 3. The van der Waals surface area contributed by atoms with Gasteiger partial charge in [-0.05, 0) is 19.1 Å². The van der Waals surface area contributed by atoms with E-state index in [4.69, 9.17) is 18.0 Å². The maximum Gasteiger partial charge on any atom is 0.141 e. The first-order valence-corrected chi connectivity index (χ1v) is 6.38. The van der Waals surface area contributed by atoms with Gasteiger partial charge in [0.25, 0.3) is 0 Å². The lowest BCUT2D eigenvalue weighted by Crippen LogP contribution is -2.52. The molecule has 0 radical (unpaired) electrons. The minimum Gasteiger partial charge on any atom is -0.392 e. The second-order valence-corrected chi connectivity index (χ2v) is 4.91. The van der Waals surface area contributed by atoms with Crippen LogP contribution in [0, 0.1) is 5.82 Å². The molecule has 0 spiro atoms. The van der Waals surface area contributed by atoms with Crippen LogP contribution in [0.15, 0.2) is 18.3 Å². The Bertz CT molecular complexity index is 415. The van der Waals surface area contributed by atoms with Crippen LogP contribution in [0.2, 0.25) is 0 Å². The van der Waals surface area contributed by atoms with Crippen molar-refractivity contribution in [3.63, 3.8) is 0 Å². The standard InChI is InChI=1S/C12H17FN4S/c1-9(12(14)18)16-4-6-17(7-5-16)11-3-2-10(13)8-15-11/h2-3,8-9H,4-7H2,1H3,(H2,14,18). The molecule has 2 rings (SSSR count). The number of pyridine rings is 1. The van der Waals surface area contributed by atoms with E-state index in [9.17, 15) is 4.39 Å². The van der Waals surface area contributed by atoms with Crippen molar-refractivity contribution in [3.8, 4) is 0 Å². The van der Waals surface area contributed by atoms with Gasteiger partial charge in [0.05, 0.1) is 17.2 Å². The van der Waals surface area contributed by atoms with Crippen LogP contribution >= 0.6 is 12.2 Å². The zero-order valence-corrected chi connectivity index (χ0v) is 11.2. The molecule has 4 nitrogen and oxygen atoms in total. The number of nitrogens with two attached hydrogens (primary N) is 1. The summed E-state index contributed by atoms with van der Waals surface area (Å²) >= 11 is 5.00. The average Bonchev–Trinajstić information content (AvgIpc) is 2.39. The molecule has 6 heteroatoms. The SMILES string of the molecule is CC(C(N)=S)N1CCN(c2ccc(F)cn2)CC1. The molecule has 98 valence electrons. The van der Waals surface area contributed by atoms with Gasteiger partial charge in [0.1, 0.15) is 11.6 Å². The van der Waals surface area contributed by atoms with Gasteiger partial charge in [-0.1, -0.05) is 12.2 Å². The van der Waals surface area contributed by atoms with E-state index in [2.05, 4.69) is 14.8 Å². The Kier molecular flexibility index (Phi) is 4.08. The summed E-state index contributed by atoms with van der Waals surface area (Å²) in [5, 5.41) is 0. The van der Waals surface area contributed by atoms with Gasteiger partial charge < -0.3 is 10.6 Å². The summed E-state index contributed by atoms with van der Waals surface area (Å²) in [7, 11) is 0. The molecule has 1 aliphatic rings. The maximum atomic E-state index is 12.8. The van der Waals surface area contributed by atoms with Gasteiger partial charge in [-0.2, -0.15) is 0 Å². The summed E-state index contributed by atoms with van der Waals surface area (Å²) in [6.45, 7) is 5.50. The van der Waals surface area contributed by atoms with Crippen LogP contribution in [0.3, 0.4) is 0 Å². The molecule has 2 heterocycles. The molecular formula is C12H17FN4S. The van der Waals surface area contributed by atoms with Crippen molar-refractivity contribution >= 4 is 23.0 Å². The average molecular weight is 268 g/mol. The highest BCUT2D eigenvalue weighted by Gasteiger charge is 2.22. The van der Waals surface area contributed by atoms with Gasteiger partial charge in [-0.15, -0.1) is 0 Å². The molecule has 0 aliphatic carbocycles. The van der Waals surface area contributed by atoms with Gasteiger partial charge >= 0.3 is 0 Å². The van der Waals surface area contributed by atoms with Crippen LogP contribution in [0.4, 0.5) is 10.2 Å². The fourth-order valence-electron chi connectivity index (χ4n) is 2.07. The zero-order valence-electron chi connectivity index (χ0n) is 10.3. The van der Waals surface area contributed by atoms with E-state index in [0.29, 0.717) is 4.99 Å². The third-order valence-corrected chi connectivity index (χ3v) is 3.65. The fourth-order valence-corrected chi connectivity index (χ4v) is 2.22. The number of anilines is 1. The smallest absolute Gasteiger partial charge is 0.141 e. The zero-order chi connectivity index (χ0) is 13.1. The van der Waals surface area contributed by atoms with Crippen molar-refractivity contribution < 1.29 is 4.39 Å². The van der Waals surface area contributed by atoms with Crippen molar-refractivity contribution in [3.05, 3.63) is 24.1 Å². The van der Waals surface area contributed by atoms with Gasteiger partial charge in [0.15, 0.2) is 0 Å². The minimum absolute atomic E-state index is 0.128. The molecule has 1 saturated heterocycles. The third-order valence-electron chi connectivity index (χ3n) is 3.31. The molecule has 1 aromatic heterocycles. The van der Waals surface area contributed by atoms with E-state index < -0.39 is 0 Å². The molecule has 0 bridgehead atoms. The summed E-state index contributed by atoms with van der Waals surface area (Å²) in [5.41, 5.74) is 5.65. The monoisotopic (exact) mass is 268 g/mol. The molecule has 2 N–H and O–H groups in total. The number of hydrogen-bond donors (Lipinski definition) is 1. The summed E-state index contributed by atoms with van der Waals surface area (Å²) in [6, 6.07) is 3.28. The molecule has 1 unspecified atom stereocenters. The number of nitrogens with zero attached hydrogens (tertiary/aromatic N) is 3. The first kappa shape index (κ1) is 13.2. The normalized spacial score (nSPS) is 18.7. The highest BCUT2D eigenvalue weighted by atomic mass is 32.1. The molecule has 1 aromatic rings. The predicted molar refractivity (Wildman–Crippen MR) is 74.2 cm³/mol. The van der Waals surface area contributed by atoms with Crippen LogP contribution in [0.1, 0.15) is 6.92 Å². The number of hydrogen-bond acceptors (Lipinski definition) is 4. The molecule has 1 fully saturated rings. The Morgan fingerprint density at radius 1 is 1.39 bits per heavy atom. The molecular weight excluding hydrogens is 251 g/mol. The Labute approximate surface area is 112 Å². The fraction of sp³-hybridized carbons (Fsp3) is 0.500. The van der Waals surface area contributed by atoms with Crippen molar-refractivity contribution in [2.75, 3.05) is 31.1 Å². The largest absolute Gasteiger partial charge is 0.392 e. The Hall–Kier alpha value is -1.27. The second-order valence-electron chi connectivity index (χ2n) is 4.44. The lowest BCUT2D eigenvalue weighted by atomic mass is 10.2. The van der Waals surface area contributed by atoms with Crippen molar-refractivity contribution in [2.24, 2.45) is 5.73 Å². The molecule has 18 heavy (non-hydrogen) atoms. The highest BCUT2D eigenvalue weighted by molar-refractivity contribution is 7.80. The van der Waals surface area contributed by atoms with Crippen molar-refractivity contribution in [1.29, 1.82) is 0 Å². The van der Waals surface area contributed by atoms with E-state index in [1.807, 2.05) is 6.92 Å². The number of halogens is 1. The lowest BCUT2D eigenvalue weighted by molar-refractivity contribution is 0.238. The van der Waals surface area contributed by atoms with E-state index in [1.165, 1.54) is 12.3 Å². The number of aromatic nitrogens is 1. The van der Waals surface area contributed by atoms with Gasteiger partial charge in [-0.3, -0.25) is 4.90 Å². The topological polar surface area (TPSA) is 45.4 Å². The van der Waals surface area contributed by atoms with Gasteiger partial charge in [-0.25, -0.2) is 9.37 Å². The minimum atomic E-state index is -0.306. The number of piperazine rings is 1. The Morgan fingerprint density at radius 2 is 2.06 bits per heavy atom. The summed E-state index contributed by atoms with van der Waals surface area (Å²) in [4.78, 5) is 9.01. The van der Waals surface area contributed by atoms with E-state index >= 15 is 0 Å². The first-order valence-electron chi connectivity index (χ1n) is 5.98. The molecule has 1 aliphatic heterocycles. The predicted octanol–water partition coefficient (Wildman–Crippen LogP) is 1.02. The van der Waals surface area contributed by atoms with Crippen LogP contribution < -0.4 is 10.6 Å². The third kappa shape index (κ3) is 2.94. The molecule has 0 aromatic carbocycles. The Balaban J connectivity index is 1.94. The maximum absolute atomic E-state index is 12.8. The van der Waals surface area contributed by atoms with E-state index in [0.717, 1.165) is 32.0 Å².